The highest BCUT2D eigenvalue weighted by atomic mass is 32.1. The fraction of sp³-hybridized carbons (Fsp3) is 0.444. The summed E-state index contributed by atoms with van der Waals surface area (Å²) in [5.41, 5.74) is 9.20. The van der Waals surface area contributed by atoms with Crippen LogP contribution < -0.4 is 5.73 Å². The normalized spacial score (nSPS) is 18.1. The highest BCUT2D eigenvalue weighted by Gasteiger charge is 2.24. The van der Waals surface area contributed by atoms with E-state index < -0.39 is 0 Å². The number of piperidine rings is 1. The zero-order valence-corrected chi connectivity index (χ0v) is 14.3. The Morgan fingerprint density at radius 1 is 1.48 bits per heavy atom. The van der Waals surface area contributed by atoms with Crippen molar-refractivity contribution in [1.82, 2.24) is 9.88 Å². The predicted molar refractivity (Wildman–Crippen MR) is 94.6 cm³/mol. The molecule has 0 bridgehead atoms. The molecule has 0 aliphatic carbocycles. The van der Waals surface area contributed by atoms with E-state index in [4.69, 9.17) is 5.73 Å². The van der Waals surface area contributed by atoms with Gasteiger partial charge in [0, 0.05) is 30.8 Å². The van der Waals surface area contributed by atoms with Gasteiger partial charge in [0.1, 0.15) is 0 Å². The monoisotopic (exact) mass is 329 g/mol. The molecule has 4 nitrogen and oxygen atoms in total. The van der Waals surface area contributed by atoms with Gasteiger partial charge in [0.2, 0.25) is 5.91 Å². The third-order valence-corrected chi connectivity index (χ3v) is 5.17. The van der Waals surface area contributed by atoms with Gasteiger partial charge in [0.15, 0.2) is 5.13 Å². The summed E-state index contributed by atoms with van der Waals surface area (Å²) >= 11 is 1.43. The number of thiazole rings is 1. The molecule has 1 atom stereocenters. The lowest BCUT2D eigenvalue weighted by Gasteiger charge is -2.33. The number of amides is 1. The Labute approximate surface area is 141 Å². The minimum atomic E-state index is 0.230. The minimum Gasteiger partial charge on any atom is -0.375 e. The molecule has 0 saturated carbocycles. The number of nitrogen functional groups attached to an aromatic ring is 1. The van der Waals surface area contributed by atoms with Gasteiger partial charge in [-0.2, -0.15) is 0 Å². The first-order valence-electron chi connectivity index (χ1n) is 8.16. The summed E-state index contributed by atoms with van der Waals surface area (Å²) < 4.78 is 0. The molecule has 2 heterocycles. The van der Waals surface area contributed by atoms with Crippen LogP contribution in [-0.2, 0) is 11.2 Å². The van der Waals surface area contributed by atoms with Gasteiger partial charge in [-0.1, -0.05) is 29.8 Å². The van der Waals surface area contributed by atoms with Crippen LogP contribution in [0.25, 0.3) is 0 Å². The number of benzene rings is 1. The van der Waals surface area contributed by atoms with Crippen LogP contribution in [-0.4, -0.2) is 28.9 Å². The third-order valence-electron chi connectivity index (χ3n) is 4.45. The number of aromatic nitrogens is 1. The standard InChI is InChI=1S/C18H23N3OS/c1-13-4-2-5-14(10-13)15-6-3-9-21(11-15)17(22)8-7-16-12-23-18(19)20-16/h2,4-5,10,12,15H,3,6-9,11H2,1H3,(H2,19,20)/t15-/m1/s1. The zero-order valence-electron chi connectivity index (χ0n) is 13.5. The van der Waals surface area contributed by atoms with Crippen LogP contribution in [0.2, 0.25) is 0 Å². The lowest BCUT2D eigenvalue weighted by atomic mass is 9.89. The number of likely N-dealkylation sites (tertiary alicyclic amines) is 1. The molecular weight excluding hydrogens is 306 g/mol. The lowest BCUT2D eigenvalue weighted by Crippen LogP contribution is -2.39. The lowest BCUT2D eigenvalue weighted by molar-refractivity contribution is -0.132. The van der Waals surface area contributed by atoms with E-state index in [1.165, 1.54) is 22.5 Å². The molecule has 122 valence electrons. The van der Waals surface area contributed by atoms with Gasteiger partial charge in [0.25, 0.3) is 0 Å². The molecule has 1 aliphatic heterocycles. The van der Waals surface area contributed by atoms with E-state index >= 15 is 0 Å². The maximum Gasteiger partial charge on any atom is 0.222 e. The molecule has 3 rings (SSSR count). The van der Waals surface area contributed by atoms with Crippen LogP contribution in [0.15, 0.2) is 29.6 Å². The second kappa shape index (κ2) is 7.13. The maximum absolute atomic E-state index is 12.5. The average molecular weight is 329 g/mol. The topological polar surface area (TPSA) is 59.2 Å². The van der Waals surface area contributed by atoms with Crippen LogP contribution >= 0.6 is 11.3 Å². The van der Waals surface area contributed by atoms with Crippen molar-refractivity contribution >= 4 is 22.4 Å². The van der Waals surface area contributed by atoms with E-state index in [0.29, 0.717) is 23.9 Å². The number of rotatable bonds is 4. The van der Waals surface area contributed by atoms with E-state index in [0.717, 1.165) is 31.6 Å². The van der Waals surface area contributed by atoms with Crippen LogP contribution in [0.4, 0.5) is 5.13 Å². The molecule has 1 aliphatic rings. The molecule has 2 N–H and O–H groups in total. The summed E-state index contributed by atoms with van der Waals surface area (Å²) in [6.07, 6.45) is 3.44. The first-order chi connectivity index (χ1) is 11.1. The predicted octanol–water partition coefficient (Wildman–Crippen LogP) is 3.37. The van der Waals surface area contributed by atoms with Gasteiger partial charge in [0.05, 0.1) is 5.69 Å². The van der Waals surface area contributed by atoms with Crippen molar-refractivity contribution in [3.8, 4) is 0 Å². The SMILES string of the molecule is Cc1cccc([C@@H]2CCCN(C(=O)CCc3csc(N)n3)C2)c1. The number of aryl methyl sites for hydroxylation is 2. The second-order valence-electron chi connectivity index (χ2n) is 6.27. The number of carbonyl (C=O) groups excluding carboxylic acids is 1. The first-order valence-corrected chi connectivity index (χ1v) is 9.04. The van der Waals surface area contributed by atoms with Crippen LogP contribution in [0, 0.1) is 6.92 Å². The van der Waals surface area contributed by atoms with Crippen molar-refractivity contribution in [2.75, 3.05) is 18.8 Å². The van der Waals surface area contributed by atoms with E-state index in [1.54, 1.807) is 0 Å². The van der Waals surface area contributed by atoms with Crippen molar-refractivity contribution in [2.45, 2.75) is 38.5 Å². The quantitative estimate of drug-likeness (QED) is 0.935. The first kappa shape index (κ1) is 16.0. The van der Waals surface area contributed by atoms with Gasteiger partial charge < -0.3 is 10.6 Å². The number of nitrogens with zero attached hydrogens (tertiary/aromatic N) is 2. The van der Waals surface area contributed by atoms with Crippen molar-refractivity contribution < 1.29 is 4.79 Å². The number of hydrogen-bond donors (Lipinski definition) is 1. The minimum absolute atomic E-state index is 0.230. The Morgan fingerprint density at radius 2 is 2.35 bits per heavy atom. The Morgan fingerprint density at radius 3 is 3.09 bits per heavy atom. The highest BCUT2D eigenvalue weighted by Crippen LogP contribution is 2.28. The number of nitrogens with two attached hydrogens (primary N) is 1. The molecule has 0 spiro atoms. The summed E-state index contributed by atoms with van der Waals surface area (Å²) in [6.45, 7) is 3.83. The summed E-state index contributed by atoms with van der Waals surface area (Å²) in [5, 5.41) is 2.51. The summed E-state index contributed by atoms with van der Waals surface area (Å²) in [6, 6.07) is 8.66. The fourth-order valence-corrected chi connectivity index (χ4v) is 3.83. The summed E-state index contributed by atoms with van der Waals surface area (Å²) in [4.78, 5) is 18.7. The van der Waals surface area contributed by atoms with Crippen LogP contribution in [0.3, 0.4) is 0 Å². The molecular formula is C18H23N3OS. The van der Waals surface area contributed by atoms with Gasteiger partial charge in [-0.15, -0.1) is 11.3 Å². The summed E-state index contributed by atoms with van der Waals surface area (Å²) in [5.74, 6) is 0.691. The number of anilines is 1. The molecule has 5 heteroatoms. The van der Waals surface area contributed by atoms with Crippen molar-refractivity contribution in [3.05, 3.63) is 46.5 Å². The molecule has 1 saturated heterocycles. The second-order valence-corrected chi connectivity index (χ2v) is 7.16. The highest BCUT2D eigenvalue weighted by molar-refractivity contribution is 7.13. The fourth-order valence-electron chi connectivity index (χ4n) is 3.23. The van der Waals surface area contributed by atoms with Gasteiger partial charge in [-0.05, 0) is 31.7 Å². The van der Waals surface area contributed by atoms with Crippen molar-refractivity contribution in [1.29, 1.82) is 0 Å². The van der Waals surface area contributed by atoms with Crippen molar-refractivity contribution in [3.63, 3.8) is 0 Å². The number of carbonyl (C=O) groups is 1. The van der Waals surface area contributed by atoms with Gasteiger partial charge >= 0.3 is 0 Å². The van der Waals surface area contributed by atoms with Crippen LogP contribution in [0.5, 0.6) is 0 Å². The zero-order chi connectivity index (χ0) is 16.2. The van der Waals surface area contributed by atoms with Gasteiger partial charge in [-0.3, -0.25) is 4.79 Å². The average Bonchev–Trinajstić information content (AvgIpc) is 2.98. The molecule has 1 fully saturated rings. The van der Waals surface area contributed by atoms with E-state index in [-0.39, 0.29) is 5.91 Å². The largest absolute Gasteiger partial charge is 0.375 e. The smallest absolute Gasteiger partial charge is 0.222 e. The molecule has 23 heavy (non-hydrogen) atoms. The molecule has 1 aromatic carbocycles. The summed E-state index contributed by atoms with van der Waals surface area (Å²) in [7, 11) is 0. The third kappa shape index (κ3) is 4.10. The van der Waals surface area contributed by atoms with Crippen molar-refractivity contribution in [2.24, 2.45) is 0 Å². The van der Waals surface area contributed by atoms with Gasteiger partial charge in [-0.25, -0.2) is 4.98 Å². The molecule has 2 aromatic rings. The Bertz CT molecular complexity index is 682. The van der Waals surface area contributed by atoms with E-state index in [2.05, 4.69) is 36.2 Å². The molecule has 0 radical (unpaired) electrons. The Hall–Kier alpha value is -1.88. The Balaban J connectivity index is 1.58. The maximum atomic E-state index is 12.5. The van der Waals surface area contributed by atoms with Crippen LogP contribution in [0.1, 0.15) is 42.0 Å². The number of hydrogen-bond acceptors (Lipinski definition) is 4. The van der Waals surface area contributed by atoms with E-state index in [1.807, 2.05) is 10.3 Å². The molecule has 1 amide bonds. The molecule has 1 aromatic heterocycles. The van der Waals surface area contributed by atoms with E-state index in [9.17, 15) is 4.79 Å². The molecule has 0 unspecified atom stereocenters. The Kier molecular flexibility index (Phi) is 4.96.